The quantitative estimate of drug-likeness (QED) is 0.860. The number of aliphatic carboxylic acids is 1. The zero-order chi connectivity index (χ0) is 11.7. The van der Waals surface area contributed by atoms with Gasteiger partial charge in [-0.05, 0) is 6.92 Å². The molecule has 6 heteroatoms. The van der Waals surface area contributed by atoms with Gasteiger partial charge < -0.3 is 10.0 Å². The molecule has 0 aromatic carbocycles. The summed E-state index contributed by atoms with van der Waals surface area (Å²) in [4.78, 5) is 28.2. The van der Waals surface area contributed by atoms with E-state index in [-0.39, 0.29) is 24.9 Å². The van der Waals surface area contributed by atoms with Crippen LogP contribution in [0.25, 0.3) is 0 Å². The summed E-state index contributed by atoms with van der Waals surface area (Å²) < 4.78 is 0. The Hall–Kier alpha value is -1.43. The third-order valence-electron chi connectivity index (χ3n) is 2.78. The van der Waals surface area contributed by atoms with E-state index in [1.807, 2.05) is 12.3 Å². The van der Waals surface area contributed by atoms with Crippen LogP contribution in [0.15, 0.2) is 11.6 Å². The van der Waals surface area contributed by atoms with E-state index in [1.165, 1.54) is 11.3 Å². The number of likely N-dealkylation sites (tertiary alicyclic amines) is 1. The van der Waals surface area contributed by atoms with Crippen molar-refractivity contribution >= 4 is 23.2 Å². The van der Waals surface area contributed by atoms with Crippen molar-refractivity contribution in [2.45, 2.75) is 19.4 Å². The minimum Gasteiger partial charge on any atom is -0.481 e. The highest BCUT2D eigenvalue weighted by Crippen LogP contribution is 2.29. The van der Waals surface area contributed by atoms with Crippen LogP contribution < -0.4 is 0 Å². The van der Waals surface area contributed by atoms with Crippen LogP contribution in [0.3, 0.4) is 0 Å². The van der Waals surface area contributed by atoms with E-state index >= 15 is 0 Å². The molecule has 0 radical (unpaired) electrons. The smallest absolute Gasteiger partial charge is 0.308 e. The second-order valence-corrected chi connectivity index (χ2v) is 4.76. The van der Waals surface area contributed by atoms with E-state index < -0.39 is 11.9 Å². The Balaban J connectivity index is 2.11. The molecule has 1 N–H and O–H groups in total. The fourth-order valence-corrected chi connectivity index (χ4v) is 2.55. The summed E-state index contributed by atoms with van der Waals surface area (Å²) in [6.45, 7) is 2.16. The van der Waals surface area contributed by atoms with Crippen molar-refractivity contribution in [1.29, 1.82) is 0 Å². The maximum atomic E-state index is 11.7. The number of carboxylic acids is 1. The lowest BCUT2D eigenvalue weighted by molar-refractivity contribution is -0.141. The molecule has 5 nitrogen and oxygen atoms in total. The number of hydrogen-bond donors (Lipinski definition) is 1. The zero-order valence-electron chi connectivity index (χ0n) is 8.79. The monoisotopic (exact) mass is 240 g/mol. The highest BCUT2D eigenvalue weighted by molar-refractivity contribution is 7.09. The average Bonchev–Trinajstić information content (AvgIpc) is 2.84. The standard InChI is InChI=1S/C10H12N2O3S/c1-6(9-11-2-3-16-9)12-5-7(10(14)15)4-8(12)13/h2-3,6-7H,4-5H2,1H3,(H,14,15). The molecule has 1 aliphatic heterocycles. The summed E-state index contributed by atoms with van der Waals surface area (Å²) in [6.07, 6.45) is 1.79. The third kappa shape index (κ3) is 1.92. The number of aromatic nitrogens is 1. The van der Waals surface area contributed by atoms with Gasteiger partial charge in [-0.2, -0.15) is 0 Å². The first-order chi connectivity index (χ1) is 7.59. The first-order valence-electron chi connectivity index (χ1n) is 5.01. The van der Waals surface area contributed by atoms with E-state index in [0.717, 1.165) is 5.01 Å². The number of carboxylic acid groups (broad SMARTS) is 1. The van der Waals surface area contributed by atoms with Crippen LogP contribution in [0, 0.1) is 5.92 Å². The molecular weight excluding hydrogens is 228 g/mol. The number of carbonyl (C=O) groups excluding carboxylic acids is 1. The largest absolute Gasteiger partial charge is 0.481 e. The summed E-state index contributed by atoms with van der Waals surface area (Å²) in [5, 5.41) is 11.6. The normalized spacial score (nSPS) is 22.4. The molecule has 2 heterocycles. The number of nitrogens with zero attached hydrogens (tertiary/aromatic N) is 2. The summed E-state index contributed by atoms with van der Waals surface area (Å²) in [5.74, 6) is -1.58. The number of rotatable bonds is 3. The molecule has 1 saturated heterocycles. The zero-order valence-corrected chi connectivity index (χ0v) is 9.61. The van der Waals surface area contributed by atoms with Crippen molar-refractivity contribution in [2.75, 3.05) is 6.54 Å². The predicted octanol–water partition coefficient (Wildman–Crippen LogP) is 1.14. The van der Waals surface area contributed by atoms with Crippen LogP contribution in [0.1, 0.15) is 24.4 Å². The number of carbonyl (C=O) groups is 2. The van der Waals surface area contributed by atoms with Gasteiger partial charge in [0.25, 0.3) is 0 Å². The highest BCUT2D eigenvalue weighted by Gasteiger charge is 2.37. The minimum absolute atomic E-state index is 0.102. The molecule has 1 amide bonds. The van der Waals surface area contributed by atoms with Crippen LogP contribution in [-0.4, -0.2) is 33.4 Å². The first-order valence-corrected chi connectivity index (χ1v) is 5.89. The molecule has 0 aliphatic carbocycles. The maximum Gasteiger partial charge on any atom is 0.308 e. The highest BCUT2D eigenvalue weighted by atomic mass is 32.1. The predicted molar refractivity (Wildman–Crippen MR) is 58.0 cm³/mol. The van der Waals surface area contributed by atoms with Crippen molar-refractivity contribution in [3.8, 4) is 0 Å². The molecule has 1 fully saturated rings. The lowest BCUT2D eigenvalue weighted by Crippen LogP contribution is -2.29. The second kappa shape index (κ2) is 4.21. The molecule has 1 aromatic rings. The molecule has 2 atom stereocenters. The van der Waals surface area contributed by atoms with Gasteiger partial charge in [0.15, 0.2) is 0 Å². The van der Waals surface area contributed by atoms with Crippen molar-refractivity contribution in [1.82, 2.24) is 9.88 Å². The molecule has 2 rings (SSSR count). The van der Waals surface area contributed by atoms with Crippen molar-refractivity contribution in [3.63, 3.8) is 0 Å². The Morgan fingerprint density at radius 3 is 3.00 bits per heavy atom. The van der Waals surface area contributed by atoms with Crippen molar-refractivity contribution < 1.29 is 14.7 Å². The summed E-state index contributed by atoms with van der Waals surface area (Å²) in [5.41, 5.74) is 0. The maximum absolute atomic E-state index is 11.7. The lowest BCUT2D eigenvalue weighted by atomic mass is 10.1. The molecule has 86 valence electrons. The van der Waals surface area contributed by atoms with E-state index in [1.54, 1.807) is 11.1 Å². The third-order valence-corrected chi connectivity index (χ3v) is 3.73. The van der Waals surface area contributed by atoms with Gasteiger partial charge in [-0.1, -0.05) is 0 Å². The van der Waals surface area contributed by atoms with Crippen LogP contribution >= 0.6 is 11.3 Å². The fourth-order valence-electron chi connectivity index (χ4n) is 1.85. The summed E-state index contributed by atoms with van der Waals surface area (Å²) in [6, 6.07) is -0.128. The number of thiazole rings is 1. The average molecular weight is 240 g/mol. The van der Waals surface area contributed by atoms with Crippen LogP contribution in [0.5, 0.6) is 0 Å². The molecule has 1 aliphatic rings. The molecule has 0 bridgehead atoms. The van der Waals surface area contributed by atoms with Gasteiger partial charge >= 0.3 is 5.97 Å². The van der Waals surface area contributed by atoms with Gasteiger partial charge in [-0.15, -0.1) is 11.3 Å². The van der Waals surface area contributed by atoms with E-state index in [4.69, 9.17) is 5.11 Å². The van der Waals surface area contributed by atoms with Gasteiger partial charge in [0.2, 0.25) is 5.91 Å². The SMILES string of the molecule is CC(c1nccs1)N1CC(C(=O)O)CC1=O. The van der Waals surface area contributed by atoms with Crippen LogP contribution in [0.2, 0.25) is 0 Å². The van der Waals surface area contributed by atoms with Gasteiger partial charge in [-0.25, -0.2) is 4.98 Å². The van der Waals surface area contributed by atoms with Crippen LogP contribution in [0.4, 0.5) is 0 Å². The Labute approximate surface area is 96.7 Å². The van der Waals surface area contributed by atoms with Crippen LogP contribution in [-0.2, 0) is 9.59 Å². The van der Waals surface area contributed by atoms with Crippen molar-refractivity contribution in [3.05, 3.63) is 16.6 Å². The molecular formula is C10H12N2O3S. The summed E-state index contributed by atoms with van der Waals surface area (Å²) >= 11 is 1.48. The fraction of sp³-hybridized carbons (Fsp3) is 0.500. The molecule has 0 spiro atoms. The minimum atomic E-state index is -0.901. The van der Waals surface area contributed by atoms with Crippen molar-refractivity contribution in [2.24, 2.45) is 5.92 Å². The van der Waals surface area contributed by atoms with Gasteiger partial charge in [-0.3, -0.25) is 9.59 Å². The van der Waals surface area contributed by atoms with E-state index in [0.29, 0.717) is 0 Å². The molecule has 0 saturated carbocycles. The topological polar surface area (TPSA) is 70.5 Å². The van der Waals surface area contributed by atoms with E-state index in [9.17, 15) is 9.59 Å². The van der Waals surface area contributed by atoms with Gasteiger partial charge in [0.1, 0.15) is 5.01 Å². The van der Waals surface area contributed by atoms with Gasteiger partial charge in [0, 0.05) is 24.5 Å². The first kappa shape index (κ1) is 11.1. The van der Waals surface area contributed by atoms with Gasteiger partial charge in [0.05, 0.1) is 12.0 Å². The van der Waals surface area contributed by atoms with E-state index in [2.05, 4.69) is 4.98 Å². The Bertz CT molecular complexity index is 404. The number of hydrogen-bond acceptors (Lipinski definition) is 4. The Kier molecular flexibility index (Phi) is 2.91. The Morgan fingerprint density at radius 1 is 1.75 bits per heavy atom. The molecule has 2 unspecified atom stereocenters. The second-order valence-electron chi connectivity index (χ2n) is 3.83. The lowest BCUT2D eigenvalue weighted by Gasteiger charge is -2.22. The summed E-state index contributed by atoms with van der Waals surface area (Å²) in [7, 11) is 0. The number of amides is 1. The Morgan fingerprint density at radius 2 is 2.50 bits per heavy atom. The molecule has 1 aromatic heterocycles. The molecule has 16 heavy (non-hydrogen) atoms.